The molecule has 7 heteroatoms. The highest BCUT2D eigenvalue weighted by atomic mass is 19.4. The molecule has 0 amide bonds. The van der Waals surface area contributed by atoms with Crippen molar-refractivity contribution in [1.29, 1.82) is 0 Å². The first-order valence-electron chi connectivity index (χ1n) is 6.50. The average molecular weight is 313 g/mol. The summed E-state index contributed by atoms with van der Waals surface area (Å²) in [5.41, 5.74) is 0.851. The van der Waals surface area contributed by atoms with Gasteiger partial charge in [-0.1, -0.05) is 37.6 Å². The first-order chi connectivity index (χ1) is 9.61. The van der Waals surface area contributed by atoms with E-state index in [1.165, 1.54) is 12.1 Å². The third kappa shape index (κ3) is 4.62. The Morgan fingerprint density at radius 2 is 1.43 bits per heavy atom. The van der Waals surface area contributed by atoms with Crippen molar-refractivity contribution < 1.29 is 26.3 Å². The average Bonchev–Trinajstić information content (AvgIpc) is 2.34. The standard InChI is InChI=1S/C14H17F6N/c1-3-4-9-5-7-10(8-6-9)11(21-2)12(13(15,16)17)14(18,19)20/h5-8,11-12,21H,3-4H2,1-2H3. The topological polar surface area (TPSA) is 12.0 Å². The Morgan fingerprint density at radius 3 is 1.76 bits per heavy atom. The second-order valence-corrected chi connectivity index (χ2v) is 4.82. The third-order valence-corrected chi connectivity index (χ3v) is 3.23. The summed E-state index contributed by atoms with van der Waals surface area (Å²) in [5, 5.41) is 2.14. The number of aryl methyl sites for hydroxylation is 1. The van der Waals surface area contributed by atoms with Gasteiger partial charge in [-0.05, 0) is 24.6 Å². The van der Waals surface area contributed by atoms with Crippen molar-refractivity contribution in [2.45, 2.75) is 38.2 Å². The lowest BCUT2D eigenvalue weighted by Gasteiger charge is -2.30. The highest BCUT2D eigenvalue weighted by molar-refractivity contribution is 5.26. The van der Waals surface area contributed by atoms with E-state index >= 15 is 0 Å². The van der Waals surface area contributed by atoms with Gasteiger partial charge in [-0.2, -0.15) is 26.3 Å². The van der Waals surface area contributed by atoms with Gasteiger partial charge in [-0.15, -0.1) is 0 Å². The van der Waals surface area contributed by atoms with Crippen LogP contribution in [0.2, 0.25) is 0 Å². The lowest BCUT2D eigenvalue weighted by molar-refractivity contribution is -0.292. The molecule has 1 unspecified atom stereocenters. The molecule has 0 radical (unpaired) electrons. The summed E-state index contributed by atoms with van der Waals surface area (Å²) in [4.78, 5) is 0. The van der Waals surface area contributed by atoms with E-state index in [0.717, 1.165) is 25.5 Å². The molecule has 0 aliphatic carbocycles. The molecule has 1 N–H and O–H groups in total. The van der Waals surface area contributed by atoms with Gasteiger partial charge < -0.3 is 5.32 Å². The predicted molar refractivity (Wildman–Crippen MR) is 67.8 cm³/mol. The van der Waals surface area contributed by atoms with Gasteiger partial charge in [0, 0.05) is 0 Å². The molecular weight excluding hydrogens is 296 g/mol. The molecule has 0 saturated heterocycles. The van der Waals surface area contributed by atoms with E-state index in [4.69, 9.17) is 0 Å². The quantitative estimate of drug-likeness (QED) is 0.781. The summed E-state index contributed by atoms with van der Waals surface area (Å²) in [6.07, 6.45) is -9.16. The van der Waals surface area contributed by atoms with Crippen LogP contribution in [-0.2, 0) is 6.42 Å². The predicted octanol–water partition coefficient (Wildman–Crippen LogP) is 4.64. The van der Waals surface area contributed by atoms with Crippen LogP contribution in [0.5, 0.6) is 0 Å². The summed E-state index contributed by atoms with van der Waals surface area (Å²) in [7, 11) is 1.09. The molecule has 0 fully saturated rings. The monoisotopic (exact) mass is 313 g/mol. The van der Waals surface area contributed by atoms with Crippen LogP contribution in [-0.4, -0.2) is 19.4 Å². The van der Waals surface area contributed by atoms with Crippen molar-refractivity contribution in [3.8, 4) is 0 Å². The summed E-state index contributed by atoms with van der Waals surface area (Å²) in [5.74, 6) is -3.44. The van der Waals surface area contributed by atoms with Crippen molar-refractivity contribution >= 4 is 0 Å². The Labute approximate surface area is 119 Å². The minimum atomic E-state index is -5.37. The highest BCUT2D eigenvalue weighted by Crippen LogP contribution is 2.46. The molecule has 1 nitrogen and oxygen atoms in total. The van der Waals surface area contributed by atoms with Gasteiger partial charge >= 0.3 is 12.4 Å². The zero-order chi connectivity index (χ0) is 16.3. The minimum Gasteiger partial charge on any atom is -0.312 e. The van der Waals surface area contributed by atoms with E-state index in [2.05, 4.69) is 5.32 Å². The molecule has 0 bridgehead atoms. The molecule has 0 aliphatic rings. The first kappa shape index (κ1) is 17.8. The summed E-state index contributed by atoms with van der Waals surface area (Å²) in [6, 6.07) is 3.90. The Balaban J connectivity index is 3.14. The van der Waals surface area contributed by atoms with E-state index in [0.29, 0.717) is 0 Å². The van der Waals surface area contributed by atoms with E-state index in [9.17, 15) is 26.3 Å². The second kappa shape index (κ2) is 6.68. The van der Waals surface area contributed by atoms with Gasteiger partial charge in [0.25, 0.3) is 0 Å². The summed E-state index contributed by atoms with van der Waals surface area (Å²) < 4.78 is 76.7. The Bertz CT molecular complexity index is 420. The second-order valence-electron chi connectivity index (χ2n) is 4.82. The number of alkyl halides is 6. The van der Waals surface area contributed by atoms with Crippen molar-refractivity contribution in [3.05, 3.63) is 35.4 Å². The number of nitrogens with one attached hydrogen (secondary N) is 1. The third-order valence-electron chi connectivity index (χ3n) is 3.23. The summed E-state index contributed by atoms with van der Waals surface area (Å²) in [6.45, 7) is 1.94. The normalized spacial score (nSPS) is 14.5. The van der Waals surface area contributed by atoms with Gasteiger partial charge in [-0.3, -0.25) is 0 Å². The molecule has 1 atom stereocenters. The molecule has 0 heterocycles. The first-order valence-corrected chi connectivity index (χ1v) is 6.50. The van der Waals surface area contributed by atoms with Crippen LogP contribution in [0.1, 0.15) is 30.5 Å². The minimum absolute atomic E-state index is 0.0306. The van der Waals surface area contributed by atoms with Gasteiger partial charge in [0.15, 0.2) is 5.92 Å². The lowest BCUT2D eigenvalue weighted by atomic mass is 9.91. The number of halogens is 6. The lowest BCUT2D eigenvalue weighted by Crippen LogP contribution is -2.45. The molecule has 0 aromatic heterocycles. The number of benzene rings is 1. The fraction of sp³-hybridized carbons (Fsp3) is 0.571. The maximum Gasteiger partial charge on any atom is 0.402 e. The highest BCUT2D eigenvalue weighted by Gasteiger charge is 2.60. The van der Waals surface area contributed by atoms with Crippen molar-refractivity contribution in [2.75, 3.05) is 7.05 Å². The van der Waals surface area contributed by atoms with Gasteiger partial charge in [-0.25, -0.2) is 0 Å². The number of rotatable bonds is 5. The Morgan fingerprint density at radius 1 is 0.952 bits per heavy atom. The molecule has 0 aliphatic heterocycles. The van der Waals surface area contributed by atoms with E-state index in [1.54, 1.807) is 12.1 Å². The molecule has 0 saturated carbocycles. The Kier molecular flexibility index (Phi) is 5.67. The molecule has 120 valence electrons. The van der Waals surface area contributed by atoms with E-state index in [1.807, 2.05) is 6.92 Å². The van der Waals surface area contributed by atoms with Crippen molar-refractivity contribution in [3.63, 3.8) is 0 Å². The van der Waals surface area contributed by atoms with Crippen LogP contribution in [0.25, 0.3) is 0 Å². The molecule has 21 heavy (non-hydrogen) atoms. The van der Waals surface area contributed by atoms with E-state index in [-0.39, 0.29) is 5.56 Å². The van der Waals surface area contributed by atoms with Crippen LogP contribution in [0, 0.1) is 5.92 Å². The number of hydrogen-bond donors (Lipinski definition) is 1. The molecular formula is C14H17F6N. The fourth-order valence-electron chi connectivity index (χ4n) is 2.27. The largest absolute Gasteiger partial charge is 0.402 e. The molecule has 0 spiro atoms. The van der Waals surface area contributed by atoms with Crippen LogP contribution < -0.4 is 5.32 Å². The summed E-state index contributed by atoms with van der Waals surface area (Å²) >= 11 is 0. The Hall–Kier alpha value is -1.24. The van der Waals surface area contributed by atoms with Crippen molar-refractivity contribution in [1.82, 2.24) is 5.32 Å². The van der Waals surface area contributed by atoms with Gasteiger partial charge in [0.05, 0.1) is 6.04 Å². The number of hydrogen-bond acceptors (Lipinski definition) is 1. The van der Waals surface area contributed by atoms with E-state index < -0.39 is 24.3 Å². The van der Waals surface area contributed by atoms with Gasteiger partial charge in [0.2, 0.25) is 0 Å². The zero-order valence-electron chi connectivity index (χ0n) is 11.6. The SMILES string of the molecule is CCCc1ccc(C(NC)C(C(F)(F)F)C(F)(F)F)cc1. The van der Waals surface area contributed by atoms with Crippen LogP contribution in [0.3, 0.4) is 0 Å². The van der Waals surface area contributed by atoms with Crippen LogP contribution in [0.4, 0.5) is 26.3 Å². The van der Waals surface area contributed by atoms with Gasteiger partial charge in [0.1, 0.15) is 0 Å². The maximum atomic E-state index is 12.8. The fourth-order valence-corrected chi connectivity index (χ4v) is 2.27. The maximum absolute atomic E-state index is 12.8. The zero-order valence-corrected chi connectivity index (χ0v) is 11.6. The van der Waals surface area contributed by atoms with Crippen molar-refractivity contribution in [2.24, 2.45) is 5.92 Å². The van der Waals surface area contributed by atoms with Crippen LogP contribution in [0.15, 0.2) is 24.3 Å². The molecule has 1 rings (SSSR count). The molecule has 1 aromatic rings. The molecule has 1 aromatic carbocycles. The van der Waals surface area contributed by atoms with Crippen LogP contribution >= 0.6 is 0 Å². The smallest absolute Gasteiger partial charge is 0.312 e.